The zero-order valence-electron chi connectivity index (χ0n) is 13.5. The van der Waals surface area contributed by atoms with Crippen molar-refractivity contribution in [3.05, 3.63) is 65.1 Å². The van der Waals surface area contributed by atoms with Crippen LogP contribution in [0.2, 0.25) is 0 Å². The highest BCUT2D eigenvalue weighted by molar-refractivity contribution is 5.26. The summed E-state index contributed by atoms with van der Waals surface area (Å²) in [4.78, 5) is 2.24. The van der Waals surface area contributed by atoms with Gasteiger partial charge in [-0.3, -0.25) is 9.58 Å². The van der Waals surface area contributed by atoms with E-state index in [1.54, 1.807) is 6.92 Å². The normalized spacial score (nSPS) is 16.1. The summed E-state index contributed by atoms with van der Waals surface area (Å²) in [6.07, 6.45) is -0.698. The van der Waals surface area contributed by atoms with Crippen LogP contribution in [-0.2, 0) is 19.6 Å². The minimum absolute atomic E-state index is 0.584. The molecule has 0 spiro atoms. The van der Waals surface area contributed by atoms with Crippen molar-refractivity contribution in [3.8, 4) is 0 Å². The average Bonchev–Trinajstić information content (AvgIpc) is 3.20. The number of hydrogen-bond acceptors (Lipinski definition) is 6. The van der Waals surface area contributed by atoms with Gasteiger partial charge in [0.2, 0.25) is 11.8 Å². The molecule has 0 saturated heterocycles. The minimum atomic E-state index is -0.698. The molecule has 0 saturated carbocycles. The van der Waals surface area contributed by atoms with Gasteiger partial charge in [0, 0.05) is 20.0 Å². The summed E-state index contributed by atoms with van der Waals surface area (Å²) in [5.41, 5.74) is 2.63. The number of aromatic nitrogens is 4. The van der Waals surface area contributed by atoms with Crippen molar-refractivity contribution in [2.75, 3.05) is 6.54 Å². The van der Waals surface area contributed by atoms with Gasteiger partial charge < -0.3 is 9.52 Å². The molecule has 4 rings (SSSR count). The van der Waals surface area contributed by atoms with E-state index in [2.05, 4.69) is 20.2 Å². The second-order valence-electron chi connectivity index (χ2n) is 6.02. The molecule has 0 amide bonds. The lowest BCUT2D eigenvalue weighted by Crippen LogP contribution is -2.33. The molecule has 24 heavy (non-hydrogen) atoms. The third-order valence-corrected chi connectivity index (χ3v) is 4.22. The zero-order chi connectivity index (χ0) is 16.5. The molecule has 0 radical (unpaired) electrons. The maximum absolute atomic E-state index is 10.5. The van der Waals surface area contributed by atoms with E-state index >= 15 is 0 Å². The monoisotopic (exact) mass is 325 g/mol. The van der Waals surface area contributed by atoms with Gasteiger partial charge in [0.05, 0.1) is 24.5 Å². The molecular weight excluding hydrogens is 306 g/mol. The maximum Gasteiger partial charge on any atom is 0.230 e. The van der Waals surface area contributed by atoms with Crippen LogP contribution in [0.15, 0.2) is 40.8 Å². The van der Waals surface area contributed by atoms with E-state index in [1.165, 1.54) is 0 Å². The predicted molar refractivity (Wildman–Crippen MR) is 85.9 cm³/mol. The van der Waals surface area contributed by atoms with Crippen molar-refractivity contribution in [3.63, 3.8) is 0 Å². The van der Waals surface area contributed by atoms with Crippen LogP contribution in [-0.4, -0.2) is 36.5 Å². The van der Waals surface area contributed by atoms with Crippen molar-refractivity contribution in [1.82, 2.24) is 24.9 Å². The molecule has 3 aromatic rings. The van der Waals surface area contributed by atoms with Crippen LogP contribution < -0.4 is 0 Å². The lowest BCUT2D eigenvalue weighted by molar-refractivity contribution is 0.185. The molecule has 0 fully saturated rings. The molecule has 2 aromatic heterocycles. The van der Waals surface area contributed by atoms with Gasteiger partial charge in [0.15, 0.2) is 0 Å². The van der Waals surface area contributed by atoms with Crippen LogP contribution in [0.3, 0.4) is 0 Å². The number of fused-ring (bicyclic) bond motifs is 1. The Bertz CT molecular complexity index is 827. The van der Waals surface area contributed by atoms with E-state index in [-0.39, 0.29) is 0 Å². The number of aliphatic hydroxyl groups is 1. The molecule has 1 atom stereocenters. The molecule has 7 heteroatoms. The number of benzene rings is 1. The third kappa shape index (κ3) is 2.95. The van der Waals surface area contributed by atoms with Crippen molar-refractivity contribution in [1.29, 1.82) is 0 Å². The molecule has 0 aliphatic carbocycles. The van der Waals surface area contributed by atoms with Crippen molar-refractivity contribution < 1.29 is 9.52 Å². The molecule has 1 aliphatic heterocycles. The van der Waals surface area contributed by atoms with Crippen LogP contribution >= 0.6 is 0 Å². The van der Waals surface area contributed by atoms with E-state index in [0.29, 0.717) is 24.0 Å². The molecule has 7 nitrogen and oxygen atoms in total. The Morgan fingerprint density at radius 3 is 2.79 bits per heavy atom. The molecule has 3 heterocycles. The molecule has 1 N–H and O–H groups in total. The van der Waals surface area contributed by atoms with Crippen molar-refractivity contribution in [2.45, 2.75) is 32.7 Å². The fraction of sp³-hybridized carbons (Fsp3) is 0.353. The van der Waals surface area contributed by atoms with E-state index in [4.69, 9.17) is 4.42 Å². The second-order valence-corrected chi connectivity index (χ2v) is 6.02. The first-order chi connectivity index (χ1) is 11.7. The van der Waals surface area contributed by atoms with E-state index < -0.39 is 6.10 Å². The first-order valence-electron chi connectivity index (χ1n) is 8.00. The van der Waals surface area contributed by atoms with Crippen LogP contribution in [0.1, 0.15) is 34.8 Å². The fourth-order valence-corrected chi connectivity index (χ4v) is 3.01. The summed E-state index contributed by atoms with van der Waals surface area (Å²) in [6.45, 7) is 4.80. The highest BCUT2D eigenvalue weighted by Gasteiger charge is 2.22. The van der Waals surface area contributed by atoms with Gasteiger partial charge in [-0.15, -0.1) is 10.2 Å². The van der Waals surface area contributed by atoms with Gasteiger partial charge in [-0.25, -0.2) is 0 Å². The molecular formula is C17H19N5O2. The minimum Gasteiger partial charge on any atom is -0.424 e. The van der Waals surface area contributed by atoms with E-state index in [9.17, 15) is 5.11 Å². The number of rotatable bonds is 4. The largest absolute Gasteiger partial charge is 0.424 e. The summed E-state index contributed by atoms with van der Waals surface area (Å²) in [5, 5.41) is 23.0. The maximum atomic E-state index is 10.5. The number of aryl methyl sites for hydroxylation is 1. The number of aliphatic hydroxyl groups excluding tert-OH is 1. The van der Waals surface area contributed by atoms with Crippen LogP contribution in [0.5, 0.6) is 0 Å². The summed E-state index contributed by atoms with van der Waals surface area (Å²) < 4.78 is 7.42. The highest BCUT2D eigenvalue weighted by Crippen LogP contribution is 2.24. The average molecular weight is 325 g/mol. The van der Waals surface area contributed by atoms with E-state index in [1.807, 2.05) is 41.1 Å². The SMILES string of the molecule is Cc1nnc(CN2CCn3nc(C(O)c4ccccc4)cc3C2)o1. The Morgan fingerprint density at radius 1 is 1.21 bits per heavy atom. The van der Waals surface area contributed by atoms with Gasteiger partial charge >= 0.3 is 0 Å². The first kappa shape index (κ1) is 15.0. The predicted octanol–water partition coefficient (Wildman–Crippen LogP) is 1.67. The Morgan fingerprint density at radius 2 is 2.04 bits per heavy atom. The van der Waals surface area contributed by atoms with Gasteiger partial charge in [-0.05, 0) is 11.6 Å². The summed E-state index contributed by atoms with van der Waals surface area (Å²) >= 11 is 0. The van der Waals surface area contributed by atoms with Crippen LogP contribution in [0, 0.1) is 6.92 Å². The topological polar surface area (TPSA) is 80.2 Å². The van der Waals surface area contributed by atoms with E-state index in [0.717, 1.165) is 30.9 Å². The summed E-state index contributed by atoms with van der Waals surface area (Å²) in [6, 6.07) is 11.6. The Labute approximate surface area is 139 Å². The van der Waals surface area contributed by atoms with Gasteiger partial charge in [-0.1, -0.05) is 30.3 Å². The van der Waals surface area contributed by atoms with Crippen LogP contribution in [0.25, 0.3) is 0 Å². The quantitative estimate of drug-likeness (QED) is 0.786. The van der Waals surface area contributed by atoms with Crippen molar-refractivity contribution >= 4 is 0 Å². The number of nitrogens with zero attached hydrogens (tertiary/aromatic N) is 5. The smallest absolute Gasteiger partial charge is 0.230 e. The Balaban J connectivity index is 1.49. The highest BCUT2D eigenvalue weighted by atomic mass is 16.4. The third-order valence-electron chi connectivity index (χ3n) is 4.22. The summed E-state index contributed by atoms with van der Waals surface area (Å²) in [5.74, 6) is 1.21. The fourth-order valence-electron chi connectivity index (χ4n) is 3.01. The standard InChI is InChI=1S/C17H19N5O2/c1-12-18-19-16(24-12)11-21-7-8-22-14(10-21)9-15(20-22)17(23)13-5-3-2-4-6-13/h2-6,9,17,23H,7-8,10-11H2,1H3. The molecule has 0 bridgehead atoms. The van der Waals surface area contributed by atoms with Gasteiger partial charge in [0.25, 0.3) is 0 Å². The lowest BCUT2D eigenvalue weighted by atomic mass is 10.1. The number of hydrogen-bond donors (Lipinski definition) is 1. The lowest BCUT2D eigenvalue weighted by Gasteiger charge is -2.25. The Hall–Kier alpha value is -2.51. The van der Waals surface area contributed by atoms with Crippen molar-refractivity contribution in [2.24, 2.45) is 0 Å². The Kier molecular flexibility index (Phi) is 3.87. The van der Waals surface area contributed by atoms with Gasteiger partial charge in [0.1, 0.15) is 6.10 Å². The van der Waals surface area contributed by atoms with Gasteiger partial charge in [-0.2, -0.15) is 5.10 Å². The first-order valence-corrected chi connectivity index (χ1v) is 8.00. The summed E-state index contributed by atoms with van der Waals surface area (Å²) in [7, 11) is 0. The second kappa shape index (κ2) is 6.18. The molecule has 1 aliphatic rings. The molecule has 124 valence electrons. The van der Waals surface area contributed by atoms with Crippen LogP contribution in [0.4, 0.5) is 0 Å². The molecule has 1 unspecified atom stereocenters. The molecule has 1 aromatic carbocycles. The zero-order valence-corrected chi connectivity index (χ0v) is 13.5.